The lowest BCUT2D eigenvalue weighted by Gasteiger charge is -2.09. The van der Waals surface area contributed by atoms with Gasteiger partial charge < -0.3 is 5.32 Å². The fraction of sp³-hybridized carbons (Fsp3) is 0.200. The third-order valence-corrected chi connectivity index (χ3v) is 4.58. The van der Waals surface area contributed by atoms with E-state index in [1.165, 1.54) is 10.5 Å². The van der Waals surface area contributed by atoms with Crippen molar-refractivity contribution in [3.63, 3.8) is 0 Å². The monoisotopic (exact) mass is 311 g/mol. The molecule has 1 nitrogen and oxygen atoms in total. The number of hydrogen-bond acceptors (Lipinski definition) is 2. The van der Waals surface area contributed by atoms with Gasteiger partial charge in [-0.3, -0.25) is 0 Å². The second-order valence-electron chi connectivity index (χ2n) is 4.14. The van der Waals surface area contributed by atoms with Gasteiger partial charge in [0.2, 0.25) is 0 Å². The van der Waals surface area contributed by atoms with Crippen molar-refractivity contribution in [2.45, 2.75) is 16.2 Å². The molecule has 2 rings (SSSR count). The first-order chi connectivity index (χ1) is 9.20. The van der Waals surface area contributed by atoms with E-state index in [4.69, 9.17) is 23.2 Å². The summed E-state index contributed by atoms with van der Waals surface area (Å²) < 4.78 is 0. The number of likely N-dealkylation sites (N-methyl/N-ethyl adjacent to an activating group) is 1. The lowest BCUT2D eigenvalue weighted by Crippen LogP contribution is -2.10. The van der Waals surface area contributed by atoms with Crippen LogP contribution in [0.1, 0.15) is 5.56 Å². The molecule has 0 radical (unpaired) electrons. The van der Waals surface area contributed by atoms with E-state index in [-0.39, 0.29) is 0 Å². The maximum Gasteiger partial charge on any atom is 0.0603 e. The third kappa shape index (κ3) is 4.15. The van der Waals surface area contributed by atoms with E-state index in [2.05, 4.69) is 29.6 Å². The summed E-state index contributed by atoms with van der Waals surface area (Å²) >= 11 is 13.7. The quantitative estimate of drug-likeness (QED) is 0.842. The molecule has 0 unspecified atom stereocenters. The van der Waals surface area contributed by atoms with Crippen LogP contribution in [0.2, 0.25) is 10.0 Å². The fourth-order valence-corrected chi connectivity index (χ4v) is 3.11. The highest BCUT2D eigenvalue weighted by atomic mass is 35.5. The molecule has 19 heavy (non-hydrogen) atoms. The Balaban J connectivity index is 2.20. The highest BCUT2D eigenvalue weighted by molar-refractivity contribution is 7.99. The molecule has 100 valence electrons. The van der Waals surface area contributed by atoms with E-state index in [0.717, 1.165) is 17.9 Å². The second-order valence-corrected chi connectivity index (χ2v) is 6.07. The van der Waals surface area contributed by atoms with Crippen LogP contribution >= 0.6 is 35.0 Å². The van der Waals surface area contributed by atoms with Gasteiger partial charge in [-0.15, -0.1) is 0 Å². The normalized spacial score (nSPS) is 10.7. The minimum absolute atomic E-state index is 0.592. The van der Waals surface area contributed by atoms with Gasteiger partial charge >= 0.3 is 0 Å². The summed E-state index contributed by atoms with van der Waals surface area (Å²) in [5.41, 5.74) is 1.34. The van der Waals surface area contributed by atoms with Crippen LogP contribution in [0.5, 0.6) is 0 Å². The Morgan fingerprint density at radius 2 is 1.84 bits per heavy atom. The average Bonchev–Trinajstić information content (AvgIpc) is 2.42. The zero-order valence-corrected chi connectivity index (χ0v) is 12.9. The van der Waals surface area contributed by atoms with Crippen LogP contribution in [0.25, 0.3) is 0 Å². The van der Waals surface area contributed by atoms with Crippen molar-refractivity contribution in [2.24, 2.45) is 0 Å². The lowest BCUT2D eigenvalue weighted by atomic mass is 10.1. The molecule has 0 spiro atoms. The third-order valence-electron chi connectivity index (χ3n) is 2.74. The van der Waals surface area contributed by atoms with Crippen LogP contribution in [0.15, 0.2) is 52.3 Å². The first-order valence-electron chi connectivity index (χ1n) is 6.06. The minimum atomic E-state index is 0.592. The standard InChI is InChI=1S/C15H15Cl2NS/c1-18-9-8-11-4-2-3-5-15(11)19-12-6-7-13(16)14(17)10-12/h2-7,10,18H,8-9H2,1H3. The van der Waals surface area contributed by atoms with Gasteiger partial charge in [0.15, 0.2) is 0 Å². The van der Waals surface area contributed by atoms with Crippen molar-refractivity contribution in [3.05, 3.63) is 58.1 Å². The van der Waals surface area contributed by atoms with Crippen molar-refractivity contribution >= 4 is 35.0 Å². The predicted molar refractivity (Wildman–Crippen MR) is 84.7 cm³/mol. The summed E-state index contributed by atoms with van der Waals surface area (Å²) in [5, 5.41) is 4.36. The molecule has 0 aliphatic carbocycles. The summed E-state index contributed by atoms with van der Waals surface area (Å²) in [4.78, 5) is 2.36. The zero-order valence-electron chi connectivity index (χ0n) is 10.6. The molecular weight excluding hydrogens is 297 g/mol. The molecule has 0 bridgehead atoms. The molecule has 0 aromatic heterocycles. The van der Waals surface area contributed by atoms with Crippen LogP contribution in [0.4, 0.5) is 0 Å². The van der Waals surface area contributed by atoms with Crippen LogP contribution in [-0.2, 0) is 6.42 Å². The van der Waals surface area contributed by atoms with E-state index < -0.39 is 0 Å². The minimum Gasteiger partial charge on any atom is -0.319 e. The molecule has 4 heteroatoms. The molecule has 0 aliphatic heterocycles. The van der Waals surface area contributed by atoms with Crippen LogP contribution in [-0.4, -0.2) is 13.6 Å². The molecule has 0 heterocycles. The molecule has 0 aliphatic rings. The summed E-state index contributed by atoms with van der Waals surface area (Å²) in [5.74, 6) is 0. The van der Waals surface area contributed by atoms with E-state index in [9.17, 15) is 0 Å². The van der Waals surface area contributed by atoms with Crippen LogP contribution in [0.3, 0.4) is 0 Å². The van der Waals surface area contributed by atoms with Gasteiger partial charge in [0, 0.05) is 9.79 Å². The van der Waals surface area contributed by atoms with Crippen molar-refractivity contribution in [3.8, 4) is 0 Å². The number of benzene rings is 2. The molecular formula is C15H15Cl2NS. The largest absolute Gasteiger partial charge is 0.319 e. The van der Waals surface area contributed by atoms with Gasteiger partial charge in [-0.05, 0) is 49.8 Å². The molecule has 0 fully saturated rings. The van der Waals surface area contributed by atoms with Gasteiger partial charge in [-0.1, -0.05) is 53.2 Å². The van der Waals surface area contributed by atoms with Gasteiger partial charge in [-0.2, -0.15) is 0 Å². The predicted octanol–water partition coefficient (Wildman–Crippen LogP) is 4.91. The smallest absolute Gasteiger partial charge is 0.0603 e. The van der Waals surface area contributed by atoms with E-state index in [0.29, 0.717) is 10.0 Å². The Hall–Kier alpha value is -0.670. The second kappa shape index (κ2) is 7.20. The summed E-state index contributed by atoms with van der Waals surface area (Å²) in [7, 11) is 1.97. The maximum absolute atomic E-state index is 6.05. The van der Waals surface area contributed by atoms with Crippen molar-refractivity contribution in [2.75, 3.05) is 13.6 Å². The number of nitrogens with one attached hydrogen (secondary N) is 1. The molecule has 0 saturated carbocycles. The van der Waals surface area contributed by atoms with Crippen molar-refractivity contribution < 1.29 is 0 Å². The number of halogens is 2. The van der Waals surface area contributed by atoms with E-state index in [1.807, 2.05) is 25.2 Å². The average molecular weight is 312 g/mol. The Labute approximate surface area is 128 Å². The fourth-order valence-electron chi connectivity index (χ4n) is 1.74. The number of rotatable bonds is 5. The molecule has 2 aromatic rings. The van der Waals surface area contributed by atoms with Crippen LogP contribution in [0, 0.1) is 0 Å². The molecule has 0 atom stereocenters. The molecule has 0 amide bonds. The lowest BCUT2D eigenvalue weighted by molar-refractivity contribution is 0.783. The first kappa shape index (κ1) is 14.7. The Morgan fingerprint density at radius 3 is 2.58 bits per heavy atom. The van der Waals surface area contributed by atoms with E-state index >= 15 is 0 Å². The molecule has 0 saturated heterocycles. The van der Waals surface area contributed by atoms with E-state index in [1.54, 1.807) is 11.8 Å². The topological polar surface area (TPSA) is 12.0 Å². The van der Waals surface area contributed by atoms with Gasteiger partial charge in [0.1, 0.15) is 0 Å². The SMILES string of the molecule is CNCCc1ccccc1Sc1ccc(Cl)c(Cl)c1. The Morgan fingerprint density at radius 1 is 1.05 bits per heavy atom. The van der Waals surface area contributed by atoms with Crippen molar-refractivity contribution in [1.29, 1.82) is 0 Å². The highest BCUT2D eigenvalue weighted by Crippen LogP contribution is 2.34. The molecule has 2 aromatic carbocycles. The maximum atomic E-state index is 6.05. The zero-order chi connectivity index (χ0) is 13.7. The Kier molecular flexibility index (Phi) is 5.59. The molecule has 1 N–H and O–H groups in total. The highest BCUT2D eigenvalue weighted by Gasteiger charge is 2.05. The summed E-state index contributed by atoms with van der Waals surface area (Å²) in [6, 6.07) is 14.2. The van der Waals surface area contributed by atoms with Crippen LogP contribution < -0.4 is 5.32 Å². The van der Waals surface area contributed by atoms with Crippen molar-refractivity contribution in [1.82, 2.24) is 5.32 Å². The first-order valence-corrected chi connectivity index (χ1v) is 7.63. The summed E-state index contributed by atoms with van der Waals surface area (Å²) in [6.07, 6.45) is 1.01. The number of hydrogen-bond donors (Lipinski definition) is 1. The van der Waals surface area contributed by atoms with Gasteiger partial charge in [0.05, 0.1) is 10.0 Å². The Bertz CT molecular complexity index is 558. The summed E-state index contributed by atoms with van der Waals surface area (Å²) in [6.45, 7) is 0.971. The van der Waals surface area contributed by atoms with Gasteiger partial charge in [-0.25, -0.2) is 0 Å². The van der Waals surface area contributed by atoms with Gasteiger partial charge in [0.25, 0.3) is 0 Å².